The van der Waals surface area contributed by atoms with Crippen LogP contribution < -0.4 is 10.1 Å². The maximum atomic E-state index is 14.5. The number of nitrogens with one attached hydrogen (secondary N) is 1. The Labute approximate surface area is 385 Å². The van der Waals surface area contributed by atoms with E-state index < -0.39 is 53.2 Å². The lowest BCUT2D eigenvalue weighted by atomic mass is 9.87. The van der Waals surface area contributed by atoms with Gasteiger partial charge < -0.3 is 24.7 Å². The van der Waals surface area contributed by atoms with Gasteiger partial charge in [-0.2, -0.15) is 27.1 Å². The van der Waals surface area contributed by atoms with Crippen LogP contribution in [0.15, 0.2) is 83.3 Å². The summed E-state index contributed by atoms with van der Waals surface area (Å²) in [4.78, 5) is 51.7. The van der Waals surface area contributed by atoms with Gasteiger partial charge in [-0.3, -0.25) is 19.1 Å². The van der Waals surface area contributed by atoms with Gasteiger partial charge >= 0.3 is 12.8 Å². The zero-order chi connectivity index (χ0) is 47.8. The standard InChI is InChI=1S/C27H30F3N5O2S.C20H18F4N2O3/c1-17-14-23(27(28,29)30)32-35(17)15-24(36)34-12-10-19(11-13-34)25-31-21(16-38-25)26(37)33(2)22-9-5-7-18-6-3-4-8-20(18)22;21-14-8-9-15(29-20(23)24)17(18(14)22)19(26-28-11-13-6-7-13)25-16(27)10-12-4-2-1-3-5-12/h3-4,6,8,14,16,19,22H,5,7,9-13,15H2,1-2H3;1-5,8-9,13,20H,6-7,10-11H2,(H,25,26,27). The normalized spacial score (nSPS) is 16.5. The number of aromatic nitrogens is 3. The predicted molar refractivity (Wildman–Crippen MR) is 233 cm³/mol. The molecule has 20 heteroatoms. The molecule has 1 saturated heterocycles. The Hall–Kier alpha value is -6.31. The number of alkyl halides is 5. The second-order valence-electron chi connectivity index (χ2n) is 16.6. The summed E-state index contributed by atoms with van der Waals surface area (Å²) < 4.78 is 97.8. The lowest BCUT2D eigenvalue weighted by Gasteiger charge is -2.33. The van der Waals surface area contributed by atoms with Gasteiger partial charge in [0, 0.05) is 37.1 Å². The number of nitrogens with zero attached hydrogens (tertiary/aromatic N) is 6. The number of aryl methyl sites for hydroxylation is 2. The molecule has 0 radical (unpaired) electrons. The Bertz CT molecular complexity index is 2560. The molecule has 8 rings (SSSR count). The quantitative estimate of drug-likeness (QED) is 0.0539. The number of amides is 3. The fourth-order valence-corrected chi connectivity index (χ4v) is 8.93. The number of likely N-dealkylation sites (tertiary alicyclic amines) is 1. The average Bonchev–Trinajstić information content (AvgIpc) is 3.86. The van der Waals surface area contributed by atoms with Crippen LogP contribution in [-0.2, 0) is 40.0 Å². The van der Waals surface area contributed by atoms with Crippen molar-refractivity contribution in [3.05, 3.63) is 134 Å². The van der Waals surface area contributed by atoms with E-state index in [1.54, 1.807) is 40.1 Å². The number of thiazole rings is 1. The average molecular weight is 956 g/mol. The molecule has 1 atom stereocenters. The number of oxime groups is 1. The highest BCUT2D eigenvalue weighted by Gasteiger charge is 2.35. The zero-order valence-corrected chi connectivity index (χ0v) is 37.4. The number of halogens is 7. The molecule has 1 unspecified atom stereocenters. The molecule has 356 valence electrons. The number of amidine groups is 1. The highest BCUT2D eigenvalue weighted by atomic mass is 32.1. The summed E-state index contributed by atoms with van der Waals surface area (Å²) in [6.07, 6.45) is 1.63. The number of piperidine rings is 1. The van der Waals surface area contributed by atoms with E-state index in [-0.39, 0.29) is 49.3 Å². The molecule has 5 aromatic rings. The predicted octanol–water partition coefficient (Wildman–Crippen LogP) is 9.24. The molecule has 67 heavy (non-hydrogen) atoms. The van der Waals surface area contributed by atoms with Gasteiger partial charge in [-0.25, -0.2) is 13.8 Å². The van der Waals surface area contributed by atoms with Crippen molar-refractivity contribution in [2.45, 2.75) is 89.6 Å². The largest absolute Gasteiger partial charge is 0.435 e. The van der Waals surface area contributed by atoms with E-state index in [9.17, 15) is 45.1 Å². The lowest BCUT2D eigenvalue weighted by Crippen LogP contribution is -2.40. The lowest BCUT2D eigenvalue weighted by molar-refractivity contribution is -0.142. The third-order valence-electron chi connectivity index (χ3n) is 11.8. The van der Waals surface area contributed by atoms with E-state index in [4.69, 9.17) is 4.84 Å². The Morgan fingerprint density at radius 1 is 0.970 bits per heavy atom. The van der Waals surface area contributed by atoms with E-state index in [1.807, 2.05) is 24.6 Å². The van der Waals surface area contributed by atoms with Crippen molar-refractivity contribution in [3.8, 4) is 5.75 Å². The summed E-state index contributed by atoms with van der Waals surface area (Å²) in [7, 11) is 1.84. The summed E-state index contributed by atoms with van der Waals surface area (Å²) in [6, 6.07) is 19.4. The third kappa shape index (κ3) is 12.6. The van der Waals surface area contributed by atoms with Crippen molar-refractivity contribution in [1.82, 2.24) is 29.9 Å². The number of fused-ring (bicyclic) bond motifs is 1. The van der Waals surface area contributed by atoms with Crippen LogP contribution in [0.1, 0.15) is 99.6 Å². The molecule has 12 nitrogen and oxygen atoms in total. The summed E-state index contributed by atoms with van der Waals surface area (Å²) in [5.74, 6) is -4.56. The van der Waals surface area contributed by atoms with Crippen LogP contribution in [-0.4, -0.2) is 81.5 Å². The van der Waals surface area contributed by atoms with E-state index in [0.717, 1.165) is 53.9 Å². The van der Waals surface area contributed by atoms with E-state index in [2.05, 4.69) is 37.4 Å². The number of ether oxygens (including phenoxy) is 1. The molecule has 1 saturated carbocycles. The van der Waals surface area contributed by atoms with Crippen molar-refractivity contribution in [2.24, 2.45) is 11.1 Å². The molecule has 1 aliphatic heterocycles. The van der Waals surface area contributed by atoms with Crippen molar-refractivity contribution in [1.29, 1.82) is 0 Å². The van der Waals surface area contributed by atoms with Gasteiger partial charge in [-0.05, 0) is 92.7 Å². The topological polar surface area (TPSA) is 131 Å². The fourth-order valence-electron chi connectivity index (χ4n) is 7.97. The van der Waals surface area contributed by atoms with Gasteiger partial charge in [-0.1, -0.05) is 59.8 Å². The SMILES string of the molecule is Cc1cc(C(F)(F)F)nn1CC(=O)N1CCC(c2nc(C(=O)N(C)C3CCCc4ccccc43)cs2)CC1.O=C(Cc1ccccc1)N/C(=N\OCC1CC1)c1c(OC(F)F)ccc(F)c1F. The maximum Gasteiger partial charge on any atom is 0.435 e. The summed E-state index contributed by atoms with van der Waals surface area (Å²) in [6.45, 7) is -0.825. The molecule has 3 aliphatic rings. The van der Waals surface area contributed by atoms with Crippen molar-refractivity contribution < 1.29 is 54.7 Å². The minimum atomic E-state index is -4.54. The van der Waals surface area contributed by atoms with Gasteiger partial charge in [-0.15, -0.1) is 11.3 Å². The summed E-state index contributed by atoms with van der Waals surface area (Å²) in [5, 5.41) is 12.3. The zero-order valence-electron chi connectivity index (χ0n) is 36.6. The number of benzene rings is 3. The molecule has 2 fully saturated rings. The monoisotopic (exact) mass is 955 g/mol. The highest BCUT2D eigenvalue weighted by molar-refractivity contribution is 7.09. The van der Waals surface area contributed by atoms with E-state index in [0.29, 0.717) is 48.9 Å². The van der Waals surface area contributed by atoms with Gasteiger partial charge in [0.25, 0.3) is 5.91 Å². The highest BCUT2D eigenvalue weighted by Crippen LogP contribution is 2.36. The van der Waals surface area contributed by atoms with Gasteiger partial charge in [0.15, 0.2) is 23.2 Å². The first-order valence-electron chi connectivity index (χ1n) is 21.7. The van der Waals surface area contributed by atoms with Crippen molar-refractivity contribution >= 4 is 34.9 Å². The molecule has 1 N–H and O–H groups in total. The molecule has 0 bridgehead atoms. The van der Waals surface area contributed by atoms with Gasteiger partial charge in [0.1, 0.15) is 30.2 Å². The molecule has 3 heterocycles. The van der Waals surface area contributed by atoms with Crippen LogP contribution in [0.3, 0.4) is 0 Å². The van der Waals surface area contributed by atoms with Gasteiger partial charge in [0.2, 0.25) is 11.8 Å². The van der Waals surface area contributed by atoms with Crippen molar-refractivity contribution in [2.75, 3.05) is 26.7 Å². The summed E-state index contributed by atoms with van der Waals surface area (Å²) >= 11 is 1.47. The summed E-state index contributed by atoms with van der Waals surface area (Å²) in [5.41, 5.74) is 2.17. The minimum absolute atomic E-state index is 0.0393. The Balaban J connectivity index is 0.000000207. The smallest absolute Gasteiger partial charge is 0.434 e. The van der Waals surface area contributed by atoms with Crippen LogP contribution in [0.25, 0.3) is 0 Å². The van der Waals surface area contributed by atoms with E-state index >= 15 is 0 Å². The van der Waals surface area contributed by atoms with Crippen LogP contribution in [0, 0.1) is 24.5 Å². The number of carbonyl (C=O) groups is 3. The molecule has 3 aromatic carbocycles. The van der Waals surface area contributed by atoms with Crippen LogP contribution in [0.4, 0.5) is 30.7 Å². The first-order valence-corrected chi connectivity index (χ1v) is 22.6. The number of rotatable bonds is 13. The Kier molecular flexibility index (Phi) is 15.6. The van der Waals surface area contributed by atoms with E-state index in [1.165, 1.54) is 29.4 Å². The second-order valence-corrected chi connectivity index (χ2v) is 17.5. The van der Waals surface area contributed by atoms with Crippen LogP contribution >= 0.6 is 11.3 Å². The molecular formula is C47H48F7N7O5S. The first-order chi connectivity index (χ1) is 32.0. The van der Waals surface area contributed by atoms with Crippen LogP contribution in [0.5, 0.6) is 5.75 Å². The Morgan fingerprint density at radius 2 is 1.69 bits per heavy atom. The number of hydrogen-bond donors (Lipinski definition) is 1. The molecular weight excluding hydrogens is 908 g/mol. The first kappa shape index (κ1) is 48.6. The number of carbonyl (C=O) groups excluding carboxylic acids is 3. The molecule has 2 aromatic heterocycles. The fraction of sp³-hybridized carbons (Fsp3) is 0.404. The van der Waals surface area contributed by atoms with Gasteiger partial charge in [0.05, 0.1) is 17.5 Å². The minimum Gasteiger partial charge on any atom is -0.434 e. The number of hydrogen-bond acceptors (Lipinski definition) is 9. The third-order valence-corrected chi connectivity index (χ3v) is 12.8. The maximum absolute atomic E-state index is 14.5. The molecule has 3 amide bonds. The molecule has 0 spiro atoms. The van der Waals surface area contributed by atoms with Crippen LogP contribution in [0.2, 0.25) is 0 Å². The molecule has 2 aliphatic carbocycles. The van der Waals surface area contributed by atoms with Crippen molar-refractivity contribution in [3.63, 3.8) is 0 Å². The second kappa shape index (κ2) is 21.5. The Morgan fingerprint density at radius 3 is 2.37 bits per heavy atom.